The second kappa shape index (κ2) is 9.52. The maximum Gasteiger partial charge on any atom is 0.276 e. The number of methoxy groups -OCH3 is 2. The number of ether oxygens (including phenoxy) is 2. The molecule has 0 radical (unpaired) electrons. The van der Waals surface area contributed by atoms with Gasteiger partial charge < -0.3 is 9.47 Å². The lowest BCUT2D eigenvalue weighted by Crippen LogP contribution is -2.36. The maximum absolute atomic E-state index is 12.8. The lowest BCUT2D eigenvalue weighted by molar-refractivity contribution is -0.126. The van der Waals surface area contributed by atoms with Crippen molar-refractivity contribution in [2.75, 3.05) is 18.6 Å². The molecule has 0 heterocycles. The Labute approximate surface area is 173 Å². The molecule has 0 N–H and O–H groups in total. The molecular weight excluding hydrogens is 405 g/mol. The van der Waals surface area contributed by atoms with Gasteiger partial charge in [0.05, 0.1) is 19.9 Å². The molecule has 7 nitrogen and oxygen atoms in total. The molecule has 2 aromatic rings. The summed E-state index contributed by atoms with van der Waals surface area (Å²) < 4.78 is 11.3. The van der Waals surface area contributed by atoms with E-state index in [-0.39, 0.29) is 11.4 Å². The second-order valence-corrected chi connectivity index (χ2v) is 6.57. The highest BCUT2D eigenvalue weighted by Crippen LogP contribution is 2.38. The summed E-state index contributed by atoms with van der Waals surface area (Å²) in [4.78, 5) is 24.8. The molecule has 1 amide bonds. The Hall–Kier alpha value is -2.64. The molecule has 9 heteroatoms. The van der Waals surface area contributed by atoms with Gasteiger partial charge in [0.15, 0.2) is 17.3 Å². The van der Waals surface area contributed by atoms with E-state index in [2.05, 4.69) is 10.2 Å². The van der Waals surface area contributed by atoms with Crippen molar-refractivity contribution in [2.24, 2.45) is 10.2 Å². The molecule has 1 unspecified atom stereocenters. The van der Waals surface area contributed by atoms with Crippen LogP contribution in [0.25, 0.3) is 0 Å². The molecule has 2 rings (SSSR count). The molecule has 0 aliphatic heterocycles. The van der Waals surface area contributed by atoms with Crippen molar-refractivity contribution >= 4 is 46.4 Å². The highest BCUT2D eigenvalue weighted by molar-refractivity contribution is 6.39. The number of carbonyl (C=O) groups excluding carboxylic acids is 2. The van der Waals surface area contributed by atoms with E-state index < -0.39 is 17.7 Å². The second-order valence-electron chi connectivity index (χ2n) is 5.79. The molecular formula is C19H19Cl2N3O4. The first kappa shape index (κ1) is 21.7. The minimum absolute atomic E-state index is 0.220. The fraction of sp³-hybridized carbons (Fsp3) is 0.263. The summed E-state index contributed by atoms with van der Waals surface area (Å²) in [6, 6.07) is 8.43. The highest BCUT2D eigenvalue weighted by atomic mass is 35.5. The summed E-state index contributed by atoms with van der Waals surface area (Å²) in [5.74, 6) is -0.638. The minimum Gasteiger partial charge on any atom is -0.493 e. The van der Waals surface area contributed by atoms with Gasteiger partial charge in [-0.15, -0.1) is 0 Å². The van der Waals surface area contributed by atoms with Crippen LogP contribution in [0.15, 0.2) is 46.6 Å². The van der Waals surface area contributed by atoms with E-state index in [0.717, 1.165) is 9.98 Å². The number of benzene rings is 2. The van der Waals surface area contributed by atoms with E-state index in [0.29, 0.717) is 16.5 Å². The molecule has 0 fully saturated rings. The molecule has 0 bridgehead atoms. The van der Waals surface area contributed by atoms with Crippen molar-refractivity contribution in [1.29, 1.82) is 0 Å². The molecule has 0 spiro atoms. The maximum atomic E-state index is 12.8. The lowest BCUT2D eigenvalue weighted by atomic mass is 10.2. The van der Waals surface area contributed by atoms with Crippen LogP contribution in [0.1, 0.15) is 12.5 Å². The van der Waals surface area contributed by atoms with Crippen molar-refractivity contribution in [1.82, 2.24) is 0 Å². The first-order valence-electron chi connectivity index (χ1n) is 8.18. The van der Waals surface area contributed by atoms with Gasteiger partial charge in [-0.3, -0.25) is 9.59 Å². The van der Waals surface area contributed by atoms with E-state index in [9.17, 15) is 9.59 Å². The smallest absolute Gasteiger partial charge is 0.276 e. The quantitative estimate of drug-likeness (QED) is 0.360. The first-order chi connectivity index (χ1) is 13.3. The number of carbonyl (C=O) groups is 2. The van der Waals surface area contributed by atoms with Crippen LogP contribution in [-0.2, 0) is 9.59 Å². The Balaban J connectivity index is 2.35. The van der Waals surface area contributed by atoms with Crippen molar-refractivity contribution in [3.8, 4) is 11.5 Å². The molecule has 0 aliphatic rings. The zero-order valence-electron chi connectivity index (χ0n) is 15.8. The summed E-state index contributed by atoms with van der Waals surface area (Å²) in [6.45, 7) is 3.03. The van der Waals surface area contributed by atoms with Gasteiger partial charge in [-0.2, -0.15) is 10.2 Å². The number of Topliss-reactive ketones (excluding diaryl/α,β-unsaturated/α-hetero) is 1. The van der Waals surface area contributed by atoms with Crippen LogP contribution in [0, 0.1) is 6.92 Å². The van der Waals surface area contributed by atoms with E-state index in [1.165, 1.54) is 21.1 Å². The van der Waals surface area contributed by atoms with E-state index >= 15 is 0 Å². The summed E-state index contributed by atoms with van der Waals surface area (Å²) in [5, 5.41) is 8.49. The van der Waals surface area contributed by atoms with Gasteiger partial charge >= 0.3 is 0 Å². The molecule has 148 valence electrons. The fourth-order valence-corrected chi connectivity index (χ4v) is 2.86. The predicted octanol–water partition coefficient (Wildman–Crippen LogP) is 4.89. The highest BCUT2D eigenvalue weighted by Gasteiger charge is 2.31. The van der Waals surface area contributed by atoms with Crippen molar-refractivity contribution < 1.29 is 19.1 Å². The van der Waals surface area contributed by atoms with Crippen LogP contribution in [0.4, 0.5) is 11.4 Å². The summed E-state index contributed by atoms with van der Waals surface area (Å²) in [6.07, 6.45) is 0. The Bertz CT molecular complexity index is 918. The fourth-order valence-electron chi connectivity index (χ4n) is 2.41. The minimum atomic E-state index is -1.41. The summed E-state index contributed by atoms with van der Waals surface area (Å²) in [7, 11) is 2.88. The Morgan fingerprint density at radius 1 is 1.14 bits per heavy atom. The number of anilines is 1. The Morgan fingerprint density at radius 2 is 1.86 bits per heavy atom. The first-order valence-corrected chi connectivity index (χ1v) is 8.90. The van der Waals surface area contributed by atoms with Gasteiger partial charge in [0.1, 0.15) is 5.69 Å². The zero-order chi connectivity index (χ0) is 20.8. The summed E-state index contributed by atoms with van der Waals surface area (Å²) >= 11 is 12.1. The van der Waals surface area contributed by atoms with Gasteiger partial charge in [-0.05, 0) is 49.7 Å². The van der Waals surface area contributed by atoms with Gasteiger partial charge in [-0.1, -0.05) is 17.7 Å². The number of amides is 1. The molecule has 1 atom stereocenters. The molecule has 28 heavy (non-hydrogen) atoms. The third-order valence-corrected chi connectivity index (χ3v) is 4.43. The normalized spacial score (nSPS) is 11.9. The van der Waals surface area contributed by atoms with Crippen LogP contribution < -0.4 is 13.9 Å². The topological polar surface area (TPSA) is 80.6 Å². The van der Waals surface area contributed by atoms with Crippen LogP contribution in [0.3, 0.4) is 0 Å². The third kappa shape index (κ3) is 4.79. The number of para-hydroxylation sites is 1. The van der Waals surface area contributed by atoms with Gasteiger partial charge in [0.25, 0.3) is 5.91 Å². The van der Waals surface area contributed by atoms with Crippen LogP contribution in [-0.4, -0.2) is 32.0 Å². The number of azo groups is 1. The van der Waals surface area contributed by atoms with Crippen LogP contribution >= 0.6 is 23.4 Å². The van der Waals surface area contributed by atoms with E-state index in [1.807, 2.05) is 0 Å². The number of hydrogen-bond acceptors (Lipinski definition) is 6. The monoisotopic (exact) mass is 423 g/mol. The van der Waals surface area contributed by atoms with Crippen molar-refractivity contribution in [2.45, 2.75) is 19.9 Å². The number of aryl methyl sites for hydroxylation is 1. The van der Waals surface area contributed by atoms with Crippen molar-refractivity contribution in [3.63, 3.8) is 0 Å². The zero-order valence-corrected chi connectivity index (χ0v) is 17.3. The molecule has 2 aromatic carbocycles. The van der Waals surface area contributed by atoms with Gasteiger partial charge in [0, 0.05) is 16.8 Å². The Morgan fingerprint density at radius 3 is 2.43 bits per heavy atom. The third-order valence-electron chi connectivity index (χ3n) is 3.85. The van der Waals surface area contributed by atoms with Gasteiger partial charge in [-0.25, -0.2) is 4.42 Å². The molecule has 0 saturated carbocycles. The summed E-state index contributed by atoms with van der Waals surface area (Å²) in [5.41, 5.74) is 1.46. The number of halogens is 2. The van der Waals surface area contributed by atoms with Crippen molar-refractivity contribution in [3.05, 3.63) is 47.0 Å². The number of hydrogen-bond donors (Lipinski definition) is 0. The standard InChI is InChI=1S/C19H19Cl2N3O4/c1-11-10-13(20)8-9-14(11)22-23-17(12(2)25)19(26)24(21)15-6-5-7-16(27-3)18(15)28-4/h5-10,17H,1-4H3. The van der Waals surface area contributed by atoms with E-state index in [4.69, 9.17) is 32.9 Å². The molecule has 0 aliphatic carbocycles. The largest absolute Gasteiger partial charge is 0.493 e. The number of ketones is 1. The number of rotatable bonds is 7. The van der Waals surface area contributed by atoms with Crippen LogP contribution in [0.2, 0.25) is 5.02 Å². The average Bonchev–Trinajstić information content (AvgIpc) is 2.67. The molecule has 0 aromatic heterocycles. The van der Waals surface area contributed by atoms with Crippen LogP contribution in [0.5, 0.6) is 11.5 Å². The number of nitrogens with zero attached hydrogens (tertiary/aromatic N) is 3. The predicted molar refractivity (Wildman–Crippen MR) is 108 cm³/mol. The lowest BCUT2D eigenvalue weighted by Gasteiger charge is -2.20. The SMILES string of the molecule is COc1cccc(N(Cl)C(=O)C(N=Nc2ccc(Cl)cc2C)C(C)=O)c1OC. The van der Waals surface area contributed by atoms with Gasteiger partial charge in [0.2, 0.25) is 6.04 Å². The molecule has 0 saturated heterocycles. The average molecular weight is 424 g/mol. The van der Waals surface area contributed by atoms with E-state index in [1.54, 1.807) is 43.3 Å². The Kier molecular flexibility index (Phi) is 7.37.